The first-order valence-corrected chi connectivity index (χ1v) is 33.4. The van der Waals surface area contributed by atoms with E-state index in [9.17, 15) is 56.4 Å². The van der Waals surface area contributed by atoms with Crippen molar-refractivity contribution in [1.82, 2.24) is 31.1 Å². The number of nitrogens with two attached hydrogens (primary N) is 1. The van der Waals surface area contributed by atoms with E-state index in [0.29, 0.717) is 61.9 Å². The van der Waals surface area contributed by atoms with Crippen molar-refractivity contribution >= 4 is 74.5 Å². The number of hydrogen-bond acceptors (Lipinski definition) is 14. The molecule has 22 heteroatoms. The van der Waals surface area contributed by atoms with E-state index in [0.717, 1.165) is 5.56 Å². The molecule has 6 atom stereocenters. The first-order valence-electron chi connectivity index (χ1n) is 31.7. The fourth-order valence-corrected chi connectivity index (χ4v) is 13.0. The Kier molecular flexibility index (Phi) is 26.6. The van der Waals surface area contributed by atoms with Crippen LogP contribution in [0.4, 0.5) is 15.3 Å². The minimum Gasteiger partial charge on any atom is -0.445 e. The van der Waals surface area contributed by atoms with E-state index in [-0.39, 0.29) is 109 Å². The first-order chi connectivity index (χ1) is 42.6. The maximum Gasteiger partial charge on any atom is 0.408 e. The first kappa shape index (κ1) is 74.1. The van der Waals surface area contributed by atoms with Gasteiger partial charge in [0.05, 0.1) is 28.6 Å². The summed E-state index contributed by atoms with van der Waals surface area (Å²) in [7, 11) is -0.746. The Morgan fingerprint density at radius 2 is 1.46 bits per heavy atom. The lowest BCUT2D eigenvalue weighted by Gasteiger charge is -2.39. The van der Waals surface area contributed by atoms with Gasteiger partial charge in [-0.3, -0.25) is 43.3 Å². The third-order valence-electron chi connectivity index (χ3n) is 17.6. The Morgan fingerprint density at radius 3 is 2.01 bits per heavy atom. The number of nitrogens with zero attached hydrogens (tertiary/aromatic N) is 2. The molecule has 0 radical (unpaired) electrons. The van der Waals surface area contributed by atoms with Crippen molar-refractivity contribution in [3.63, 3.8) is 0 Å². The number of likely N-dealkylation sites (N-methyl/N-ethyl adjacent to an activating group) is 2. The molecule has 1 aliphatic carbocycles. The number of anilines is 1. The van der Waals surface area contributed by atoms with Gasteiger partial charge in [-0.05, 0) is 116 Å². The zero-order chi connectivity index (χ0) is 67.8. The molecule has 1 unspecified atom stereocenters. The summed E-state index contributed by atoms with van der Waals surface area (Å²) in [5.74, 6) is -5.64. The fraction of sp³-hybridized carbons (Fsp3) is 0.565. The molecule has 1 heterocycles. The second kappa shape index (κ2) is 32.6. The van der Waals surface area contributed by atoms with Gasteiger partial charge in [-0.15, -0.1) is 0 Å². The number of likely N-dealkylation sites (tertiary alicyclic amines) is 1. The molecule has 2 fully saturated rings. The number of ether oxygens (including phenoxy) is 1. The van der Waals surface area contributed by atoms with E-state index in [1.54, 1.807) is 82.2 Å². The summed E-state index contributed by atoms with van der Waals surface area (Å²) in [6.45, 7) is 20.8. The van der Waals surface area contributed by atoms with E-state index in [4.69, 9.17) is 10.5 Å². The highest BCUT2D eigenvalue weighted by molar-refractivity contribution is 7.92. The zero-order valence-corrected chi connectivity index (χ0v) is 56.3. The number of sulfone groups is 1. The van der Waals surface area contributed by atoms with E-state index in [1.165, 1.54) is 24.0 Å². The number of amides is 8. The van der Waals surface area contributed by atoms with Gasteiger partial charge in [-0.25, -0.2) is 18.0 Å². The molecule has 498 valence electrons. The van der Waals surface area contributed by atoms with Crippen LogP contribution in [-0.4, -0.2) is 128 Å². The largest absolute Gasteiger partial charge is 0.445 e. The SMILES string of the molecule is CN[C@H](C(=O)C[C@H](C(=O)N(C)[C@H](/C=C(\C)C(=O)CS(=O)(=O)c1ccc(C2(NC(=O)OCc3ccc(NC(=O)[C@H](CCCNC(N)=O)CC(=O)[C@@H](NC(=O)CCCCCN4C(=O)CC(C)C4=O)C(C)C)cc3)CC2)cc1)C(C)C)C(C)(C)C)C(C)(C)c1ccccc1. The smallest absolute Gasteiger partial charge is 0.408 e. The quantitative estimate of drug-likeness (QED) is 0.0183. The number of nitrogens with one attached hydrogen (secondary N) is 5. The molecule has 3 aromatic rings. The maximum absolute atomic E-state index is 14.5. The van der Waals surface area contributed by atoms with Crippen molar-refractivity contribution in [2.24, 2.45) is 40.7 Å². The van der Waals surface area contributed by atoms with Crippen LogP contribution < -0.4 is 32.3 Å². The molecule has 8 amide bonds. The molecule has 1 saturated carbocycles. The standard InChI is InChI=1S/C69H98N8O13S/c1-43(2)54(76(13)64(85)53(67(7,8)9)40-56(79)61(71-12)68(10,11)49-22-16-14-17-23-49)37-45(5)57(80)42-91(88,89)52-31-27-50(28-32-52)69(33-34-69)75-66(87)90-41-47-25-29-51(30-26-47)73-62(83)48(21-20-35-72-65(70)86)39-55(78)60(44(3)4)74-58(81)24-18-15-19-36-77-59(82)38-46(6)63(77)84/h14,16-17,22-23,25-32,37,43-44,46,48,53-54,60-61,71H,15,18-21,24,33-36,38-42H2,1-13H3,(H,73,83)(H,74,81)(H,75,87)(H3,70,72,86)/b45-37+/t46?,48-,53-,54-,60+,61-/m1/s1. The van der Waals surface area contributed by atoms with Crippen LogP contribution >= 0.6 is 0 Å². The van der Waals surface area contributed by atoms with Crippen LogP contribution in [0.1, 0.15) is 163 Å². The minimum absolute atomic E-state index is 0.0192. The number of rotatable bonds is 35. The van der Waals surface area contributed by atoms with Crippen LogP contribution in [0.15, 0.2) is 95.4 Å². The normalized spacial score (nSPS) is 16.7. The Hall–Kier alpha value is -7.59. The summed E-state index contributed by atoms with van der Waals surface area (Å²) < 4.78 is 33.1. The van der Waals surface area contributed by atoms with Gasteiger partial charge in [0.1, 0.15) is 12.4 Å². The van der Waals surface area contributed by atoms with Crippen LogP contribution in [0.5, 0.6) is 0 Å². The van der Waals surface area contributed by atoms with Crippen LogP contribution in [0, 0.1) is 35.0 Å². The van der Waals surface area contributed by atoms with Crippen molar-refractivity contribution in [3.8, 4) is 0 Å². The lowest BCUT2D eigenvalue weighted by atomic mass is 9.71. The molecule has 0 bridgehead atoms. The molecular weight excluding hydrogens is 1180 g/mol. The summed E-state index contributed by atoms with van der Waals surface area (Å²) in [5.41, 5.74) is 6.06. The van der Waals surface area contributed by atoms with Crippen LogP contribution in [-0.2, 0) is 70.5 Å². The predicted molar refractivity (Wildman–Crippen MR) is 349 cm³/mol. The molecule has 1 aliphatic heterocycles. The molecule has 7 N–H and O–H groups in total. The van der Waals surface area contributed by atoms with E-state index < -0.39 is 85.7 Å². The number of carbonyl (C=O) groups is 10. The number of allylic oxidation sites excluding steroid dienone is 1. The highest BCUT2D eigenvalue weighted by atomic mass is 32.2. The van der Waals surface area contributed by atoms with Crippen molar-refractivity contribution in [1.29, 1.82) is 0 Å². The average molecular weight is 1280 g/mol. The molecule has 91 heavy (non-hydrogen) atoms. The van der Waals surface area contributed by atoms with Crippen molar-refractivity contribution in [2.45, 2.75) is 187 Å². The predicted octanol–water partition coefficient (Wildman–Crippen LogP) is 8.62. The Balaban J connectivity index is 1.13. The number of Topliss-reactive ketones (excluding diaryl/α,β-unsaturated/α-hetero) is 3. The Bertz CT molecular complexity index is 3230. The second-order valence-corrected chi connectivity index (χ2v) is 29.0. The number of benzene rings is 3. The Morgan fingerprint density at radius 1 is 0.824 bits per heavy atom. The fourth-order valence-electron chi connectivity index (χ4n) is 11.7. The monoisotopic (exact) mass is 1280 g/mol. The molecule has 5 rings (SSSR count). The lowest BCUT2D eigenvalue weighted by Crippen LogP contribution is -2.52. The van der Waals surface area contributed by atoms with Gasteiger partial charge in [-0.1, -0.05) is 136 Å². The van der Waals surface area contributed by atoms with E-state index in [2.05, 4.69) is 26.6 Å². The highest BCUT2D eigenvalue weighted by Gasteiger charge is 2.47. The van der Waals surface area contributed by atoms with Crippen LogP contribution in [0.3, 0.4) is 0 Å². The summed E-state index contributed by atoms with van der Waals surface area (Å²) in [6, 6.07) is 19.6. The lowest BCUT2D eigenvalue weighted by molar-refractivity contribution is -0.143. The third kappa shape index (κ3) is 21.0. The summed E-state index contributed by atoms with van der Waals surface area (Å²) in [4.78, 5) is 135. The number of urea groups is 1. The second-order valence-electron chi connectivity index (χ2n) is 27.0. The summed E-state index contributed by atoms with van der Waals surface area (Å²) in [5, 5.41) is 14.3. The summed E-state index contributed by atoms with van der Waals surface area (Å²) in [6.07, 6.45) is 4.36. The van der Waals surface area contributed by atoms with Crippen LogP contribution in [0.25, 0.3) is 0 Å². The molecule has 1 saturated heterocycles. The highest BCUT2D eigenvalue weighted by Crippen LogP contribution is 2.46. The Labute approximate surface area is 537 Å². The number of imide groups is 1. The number of ketones is 3. The van der Waals surface area contributed by atoms with Gasteiger partial charge in [-0.2, -0.15) is 0 Å². The van der Waals surface area contributed by atoms with Crippen molar-refractivity contribution in [3.05, 3.63) is 107 Å². The molecular formula is C69H98N8O13S. The molecule has 0 aromatic heterocycles. The van der Waals surface area contributed by atoms with Gasteiger partial charge < -0.3 is 42.0 Å². The summed E-state index contributed by atoms with van der Waals surface area (Å²) >= 11 is 0. The average Bonchev–Trinajstić information content (AvgIpc) is 1.69. The van der Waals surface area contributed by atoms with Crippen LogP contribution in [0.2, 0.25) is 0 Å². The van der Waals surface area contributed by atoms with Gasteiger partial charge in [0.25, 0.3) is 0 Å². The molecule has 0 spiro atoms. The van der Waals surface area contributed by atoms with Gasteiger partial charge in [0, 0.05) is 74.7 Å². The van der Waals surface area contributed by atoms with Gasteiger partial charge in [0.2, 0.25) is 29.5 Å². The topological polar surface area (TPSA) is 307 Å². The van der Waals surface area contributed by atoms with Crippen molar-refractivity contribution in [2.75, 3.05) is 38.3 Å². The van der Waals surface area contributed by atoms with Gasteiger partial charge >= 0.3 is 12.1 Å². The number of unbranched alkanes of at least 4 members (excludes halogenated alkanes) is 2. The molecule has 21 nitrogen and oxygen atoms in total. The minimum atomic E-state index is -4.14. The maximum atomic E-state index is 14.5. The number of hydrogen-bond donors (Lipinski definition) is 6. The van der Waals surface area contributed by atoms with Gasteiger partial charge in [0.15, 0.2) is 27.2 Å². The molecule has 2 aliphatic rings. The number of primary amides is 1. The van der Waals surface area contributed by atoms with Crippen molar-refractivity contribution < 1.29 is 61.1 Å². The number of carbonyl (C=O) groups excluding carboxylic acids is 10. The number of alkyl carbamates (subject to hydrolysis) is 1. The third-order valence-corrected chi connectivity index (χ3v) is 19.3. The van der Waals surface area contributed by atoms with E-state index >= 15 is 0 Å². The molecule has 3 aromatic carbocycles. The van der Waals surface area contributed by atoms with E-state index in [1.807, 2.05) is 78.8 Å². The zero-order valence-electron chi connectivity index (χ0n) is 55.5.